The van der Waals surface area contributed by atoms with Crippen LogP contribution in [-0.4, -0.2) is 17.1 Å². The largest absolute Gasteiger partial charge is 0.487 e. The Labute approximate surface area is 196 Å². The summed E-state index contributed by atoms with van der Waals surface area (Å²) in [4.78, 5) is 24.3. The molecule has 6 nitrogen and oxygen atoms in total. The van der Waals surface area contributed by atoms with Gasteiger partial charge in [0.1, 0.15) is 18.6 Å². The number of aromatic nitrogens is 1. The molecular weight excluding hydrogens is 442 g/mol. The first-order valence-corrected chi connectivity index (χ1v) is 11.2. The fourth-order valence-electron chi connectivity index (χ4n) is 3.50. The topological polar surface area (TPSA) is 70.7 Å². The van der Waals surface area contributed by atoms with Crippen molar-refractivity contribution in [3.63, 3.8) is 0 Å². The molecule has 0 saturated carbocycles. The van der Waals surface area contributed by atoms with Crippen LogP contribution < -0.4 is 10.2 Å². The van der Waals surface area contributed by atoms with Gasteiger partial charge in [-0.1, -0.05) is 29.8 Å². The van der Waals surface area contributed by atoms with Crippen LogP contribution in [0, 0.1) is 0 Å². The Morgan fingerprint density at radius 2 is 1.82 bits per heavy atom. The summed E-state index contributed by atoms with van der Waals surface area (Å²) in [5.74, 6) is -0.129. The average Bonchev–Trinajstić information content (AvgIpc) is 3.24. The van der Waals surface area contributed by atoms with Crippen LogP contribution >= 0.6 is 11.6 Å². The number of carbonyl (C=O) groups excluding carboxylic acids is 1. The van der Waals surface area contributed by atoms with Crippen molar-refractivity contribution < 1.29 is 18.7 Å². The third-order valence-corrected chi connectivity index (χ3v) is 5.51. The number of ether oxygens (including phenoxy) is 2. The lowest BCUT2D eigenvalue weighted by molar-refractivity contribution is 0.0442. The molecule has 0 unspecified atom stereocenters. The predicted octanol–water partition coefficient (Wildman–Crippen LogP) is 5.85. The molecule has 0 N–H and O–H groups in total. The van der Waals surface area contributed by atoms with Gasteiger partial charge in [-0.2, -0.15) is 0 Å². The summed E-state index contributed by atoms with van der Waals surface area (Å²) in [5, 5.41) is 1.78. The van der Waals surface area contributed by atoms with Crippen LogP contribution in [0.15, 0.2) is 82.3 Å². The van der Waals surface area contributed by atoms with Crippen molar-refractivity contribution in [2.24, 2.45) is 0 Å². The fourth-order valence-corrected chi connectivity index (χ4v) is 3.63. The second-order valence-corrected chi connectivity index (χ2v) is 8.07. The molecule has 2 heterocycles. The second-order valence-electron chi connectivity index (χ2n) is 7.63. The normalized spacial score (nSPS) is 10.9. The van der Waals surface area contributed by atoms with Crippen LogP contribution in [0.1, 0.15) is 35.4 Å². The summed E-state index contributed by atoms with van der Waals surface area (Å²) in [7, 11) is 0. The number of unbranched alkanes of at least 4 members (excludes halogenated alkanes) is 2. The molecule has 0 aliphatic heterocycles. The lowest BCUT2D eigenvalue weighted by Gasteiger charge is -2.08. The van der Waals surface area contributed by atoms with Crippen LogP contribution in [0.2, 0.25) is 5.02 Å². The quantitative estimate of drug-likeness (QED) is 0.217. The number of aryl methyl sites for hydroxylation is 1. The van der Waals surface area contributed by atoms with Crippen LogP contribution in [-0.2, 0) is 17.9 Å². The van der Waals surface area contributed by atoms with Gasteiger partial charge in [0.05, 0.1) is 12.2 Å². The van der Waals surface area contributed by atoms with Gasteiger partial charge in [0.25, 0.3) is 0 Å². The van der Waals surface area contributed by atoms with Crippen LogP contribution in [0.3, 0.4) is 0 Å². The fraction of sp³-hybridized carbons (Fsp3) is 0.231. The van der Waals surface area contributed by atoms with E-state index in [1.807, 2.05) is 12.1 Å². The first-order chi connectivity index (χ1) is 16.1. The van der Waals surface area contributed by atoms with E-state index in [9.17, 15) is 9.59 Å². The molecule has 0 aliphatic rings. The van der Waals surface area contributed by atoms with Gasteiger partial charge in [-0.15, -0.1) is 0 Å². The molecule has 0 bridgehead atoms. The zero-order valence-electron chi connectivity index (χ0n) is 18.0. The summed E-state index contributed by atoms with van der Waals surface area (Å²) in [5.41, 5.74) is 1.30. The molecule has 0 aliphatic carbocycles. The molecule has 0 fully saturated rings. The molecule has 2 aromatic carbocycles. The number of hydrogen-bond acceptors (Lipinski definition) is 5. The highest BCUT2D eigenvalue weighted by Crippen LogP contribution is 2.16. The highest BCUT2D eigenvalue weighted by atomic mass is 35.5. The van der Waals surface area contributed by atoms with Gasteiger partial charge in [-0.3, -0.25) is 4.79 Å². The maximum Gasteiger partial charge on any atom is 0.338 e. The predicted molar refractivity (Wildman–Crippen MR) is 127 cm³/mol. The van der Waals surface area contributed by atoms with Gasteiger partial charge >= 0.3 is 5.97 Å². The van der Waals surface area contributed by atoms with E-state index in [-0.39, 0.29) is 23.5 Å². The highest BCUT2D eigenvalue weighted by molar-refractivity contribution is 6.30. The molecule has 0 saturated heterocycles. The molecule has 170 valence electrons. The minimum absolute atomic E-state index is 0.148. The molecule has 33 heavy (non-hydrogen) atoms. The van der Waals surface area contributed by atoms with Gasteiger partial charge in [0, 0.05) is 29.3 Å². The van der Waals surface area contributed by atoms with E-state index in [0.29, 0.717) is 17.2 Å². The van der Waals surface area contributed by atoms with Gasteiger partial charge < -0.3 is 18.5 Å². The van der Waals surface area contributed by atoms with E-state index in [0.717, 1.165) is 25.8 Å². The number of hydrogen-bond donors (Lipinski definition) is 0. The van der Waals surface area contributed by atoms with Crippen molar-refractivity contribution in [3.8, 4) is 5.75 Å². The Morgan fingerprint density at radius 1 is 1.00 bits per heavy atom. The van der Waals surface area contributed by atoms with Crippen LogP contribution in [0.5, 0.6) is 5.75 Å². The SMILES string of the molecule is O=C(OCc1cc(=O)c(OCCCCCn2ccc3ccccc32)co1)c1ccc(Cl)cc1. The summed E-state index contributed by atoms with van der Waals surface area (Å²) in [6.45, 7) is 1.23. The molecule has 4 rings (SSSR count). The molecule has 0 atom stereocenters. The first-order valence-electron chi connectivity index (χ1n) is 10.8. The van der Waals surface area contributed by atoms with Crippen molar-refractivity contribution in [2.75, 3.05) is 6.61 Å². The average molecular weight is 466 g/mol. The van der Waals surface area contributed by atoms with Gasteiger partial charge in [-0.05, 0) is 61.0 Å². The number of halogens is 1. The molecule has 0 radical (unpaired) electrons. The Kier molecular flexibility index (Phi) is 7.47. The van der Waals surface area contributed by atoms with E-state index >= 15 is 0 Å². The van der Waals surface area contributed by atoms with E-state index in [4.69, 9.17) is 25.5 Å². The third-order valence-electron chi connectivity index (χ3n) is 5.26. The smallest absolute Gasteiger partial charge is 0.338 e. The molecule has 7 heteroatoms. The van der Waals surface area contributed by atoms with Gasteiger partial charge in [0.2, 0.25) is 11.2 Å². The van der Waals surface area contributed by atoms with Crippen molar-refractivity contribution in [1.29, 1.82) is 0 Å². The van der Waals surface area contributed by atoms with E-state index in [1.165, 1.54) is 23.2 Å². The maximum atomic E-state index is 12.2. The Balaban J connectivity index is 1.18. The monoisotopic (exact) mass is 465 g/mol. The number of esters is 1. The molecule has 4 aromatic rings. The highest BCUT2D eigenvalue weighted by Gasteiger charge is 2.10. The minimum Gasteiger partial charge on any atom is -0.487 e. The number of carbonyl (C=O) groups is 1. The Morgan fingerprint density at radius 3 is 2.64 bits per heavy atom. The number of rotatable bonds is 10. The third kappa shape index (κ3) is 6.05. The summed E-state index contributed by atoms with van der Waals surface area (Å²) < 4.78 is 18.4. The second kappa shape index (κ2) is 10.9. The standard InChI is InChI=1S/C26H24ClNO5/c27-21-10-8-20(9-11-21)26(30)33-17-22-16-24(29)25(18-32-22)31-15-5-1-4-13-28-14-12-19-6-2-3-7-23(19)28/h2-3,6-12,14,16,18H,1,4-5,13,15,17H2. The molecule has 0 spiro atoms. The Bertz CT molecular complexity index is 1280. The first kappa shape index (κ1) is 22.7. The minimum atomic E-state index is -0.525. The molecular formula is C26H24ClNO5. The van der Waals surface area contributed by atoms with Crippen LogP contribution in [0.4, 0.5) is 0 Å². The summed E-state index contributed by atoms with van der Waals surface area (Å²) in [6, 6.07) is 18.1. The summed E-state index contributed by atoms with van der Waals surface area (Å²) >= 11 is 5.81. The number of nitrogens with zero attached hydrogens (tertiary/aromatic N) is 1. The summed E-state index contributed by atoms with van der Waals surface area (Å²) in [6.07, 6.45) is 6.21. The van der Waals surface area contributed by atoms with Crippen molar-refractivity contribution in [1.82, 2.24) is 4.57 Å². The van der Waals surface area contributed by atoms with E-state index in [2.05, 4.69) is 29.0 Å². The number of fused-ring (bicyclic) bond motifs is 1. The van der Waals surface area contributed by atoms with Crippen molar-refractivity contribution >= 4 is 28.5 Å². The number of benzene rings is 2. The lowest BCUT2D eigenvalue weighted by atomic mass is 10.2. The zero-order valence-corrected chi connectivity index (χ0v) is 18.8. The lowest BCUT2D eigenvalue weighted by Crippen LogP contribution is -2.11. The van der Waals surface area contributed by atoms with Gasteiger partial charge in [-0.25, -0.2) is 4.79 Å². The van der Waals surface area contributed by atoms with Crippen molar-refractivity contribution in [3.05, 3.63) is 99.7 Å². The Hall–Kier alpha value is -3.51. The van der Waals surface area contributed by atoms with E-state index in [1.54, 1.807) is 24.3 Å². The van der Waals surface area contributed by atoms with E-state index < -0.39 is 5.97 Å². The van der Waals surface area contributed by atoms with Crippen molar-refractivity contribution in [2.45, 2.75) is 32.4 Å². The van der Waals surface area contributed by atoms with Gasteiger partial charge in [0.15, 0.2) is 0 Å². The zero-order chi connectivity index (χ0) is 23.0. The molecule has 2 aromatic heterocycles. The maximum absolute atomic E-state index is 12.2. The van der Waals surface area contributed by atoms with Crippen LogP contribution in [0.25, 0.3) is 10.9 Å². The molecule has 0 amide bonds. The number of para-hydroxylation sites is 1.